The second-order valence-electron chi connectivity index (χ2n) is 6.88. The molecule has 1 aliphatic carbocycles. The maximum atomic E-state index is 12.4. The molecule has 0 aromatic heterocycles. The van der Waals surface area contributed by atoms with Crippen molar-refractivity contribution in [2.45, 2.75) is 31.7 Å². The molecule has 144 valence electrons. The molecule has 8 nitrogen and oxygen atoms in total. The number of carbonyl (C=O) groups excluding carboxylic acids is 4. The smallest absolute Gasteiger partial charge is 0.335 e. The number of nitrogens with one attached hydrogen (secondary N) is 1. The molecule has 26 heavy (non-hydrogen) atoms. The molecule has 0 aromatic carbocycles. The lowest BCUT2D eigenvalue weighted by Gasteiger charge is -2.33. The van der Waals surface area contributed by atoms with E-state index in [1.165, 1.54) is 18.9 Å². The SMILES string of the molecule is C=CCN1C(=O)C(=O)N(CC(=O)N2CCC(NCC3CC3)CC2)C1=O.Cl. The Bertz CT molecular complexity index is 600. The Labute approximate surface area is 158 Å². The van der Waals surface area contributed by atoms with Gasteiger partial charge in [-0.1, -0.05) is 6.08 Å². The van der Waals surface area contributed by atoms with E-state index in [4.69, 9.17) is 0 Å². The summed E-state index contributed by atoms with van der Waals surface area (Å²) in [6.07, 6.45) is 5.71. The van der Waals surface area contributed by atoms with Gasteiger partial charge in [0.05, 0.1) is 0 Å². The van der Waals surface area contributed by atoms with Crippen LogP contribution in [0.1, 0.15) is 25.7 Å². The van der Waals surface area contributed by atoms with Crippen LogP contribution in [-0.2, 0) is 14.4 Å². The van der Waals surface area contributed by atoms with Gasteiger partial charge in [0.2, 0.25) is 5.91 Å². The van der Waals surface area contributed by atoms with Crippen LogP contribution in [0.5, 0.6) is 0 Å². The summed E-state index contributed by atoms with van der Waals surface area (Å²) in [5.41, 5.74) is 0. The first-order chi connectivity index (χ1) is 12.0. The Morgan fingerprint density at radius 3 is 2.27 bits per heavy atom. The van der Waals surface area contributed by atoms with Gasteiger partial charge in [0, 0.05) is 25.7 Å². The van der Waals surface area contributed by atoms with E-state index in [0.717, 1.165) is 35.1 Å². The number of imide groups is 2. The molecular formula is C17H25ClN4O4. The average Bonchev–Trinajstić information content (AvgIpc) is 3.42. The predicted octanol–water partition coefficient (Wildman–Crippen LogP) is 0.376. The number of hydrogen-bond donors (Lipinski definition) is 1. The lowest BCUT2D eigenvalue weighted by Crippen LogP contribution is -2.49. The highest BCUT2D eigenvalue weighted by atomic mass is 35.5. The average molecular weight is 385 g/mol. The van der Waals surface area contributed by atoms with Crippen molar-refractivity contribution in [1.82, 2.24) is 20.0 Å². The van der Waals surface area contributed by atoms with Crippen molar-refractivity contribution < 1.29 is 19.2 Å². The topological polar surface area (TPSA) is 90.0 Å². The fourth-order valence-electron chi connectivity index (χ4n) is 3.20. The zero-order valence-electron chi connectivity index (χ0n) is 14.7. The van der Waals surface area contributed by atoms with Gasteiger partial charge in [-0.2, -0.15) is 0 Å². The maximum Gasteiger partial charge on any atom is 0.335 e. The second kappa shape index (κ2) is 8.64. The van der Waals surface area contributed by atoms with Gasteiger partial charge in [0.15, 0.2) is 0 Å². The summed E-state index contributed by atoms with van der Waals surface area (Å²) in [4.78, 5) is 51.4. The number of rotatable bonds is 7. The molecule has 9 heteroatoms. The number of halogens is 1. The van der Waals surface area contributed by atoms with E-state index < -0.39 is 17.8 Å². The number of carbonyl (C=O) groups is 4. The molecule has 0 spiro atoms. The van der Waals surface area contributed by atoms with Crippen LogP contribution < -0.4 is 5.32 Å². The molecule has 5 amide bonds. The quantitative estimate of drug-likeness (QED) is 0.389. The number of piperidine rings is 1. The maximum absolute atomic E-state index is 12.4. The Hall–Kier alpha value is -1.93. The third kappa shape index (κ3) is 4.42. The zero-order valence-corrected chi connectivity index (χ0v) is 15.5. The van der Waals surface area contributed by atoms with Gasteiger partial charge in [-0.15, -0.1) is 19.0 Å². The van der Waals surface area contributed by atoms with Crippen molar-refractivity contribution in [3.8, 4) is 0 Å². The molecule has 0 unspecified atom stereocenters. The largest absolute Gasteiger partial charge is 0.341 e. The Kier molecular flexibility index (Phi) is 6.77. The van der Waals surface area contributed by atoms with Crippen LogP contribution in [0, 0.1) is 5.92 Å². The first-order valence-electron chi connectivity index (χ1n) is 8.80. The number of likely N-dealkylation sites (tertiary alicyclic amines) is 1. The van der Waals surface area contributed by atoms with E-state index in [1.54, 1.807) is 4.90 Å². The number of nitrogens with zero attached hydrogens (tertiary/aromatic N) is 3. The Morgan fingerprint density at radius 2 is 1.69 bits per heavy atom. The van der Waals surface area contributed by atoms with Crippen LogP contribution in [0.3, 0.4) is 0 Å². The first kappa shape index (κ1) is 20.4. The summed E-state index contributed by atoms with van der Waals surface area (Å²) in [6.45, 7) is 5.29. The minimum absolute atomic E-state index is 0. The van der Waals surface area contributed by atoms with Crippen molar-refractivity contribution in [1.29, 1.82) is 0 Å². The molecule has 2 aliphatic heterocycles. The van der Waals surface area contributed by atoms with Crippen molar-refractivity contribution >= 4 is 36.2 Å². The van der Waals surface area contributed by atoms with Gasteiger partial charge in [-0.25, -0.2) is 9.69 Å². The third-order valence-corrected chi connectivity index (χ3v) is 4.98. The van der Waals surface area contributed by atoms with Crippen molar-refractivity contribution in [2.75, 3.05) is 32.7 Å². The summed E-state index contributed by atoms with van der Waals surface area (Å²) < 4.78 is 0. The van der Waals surface area contributed by atoms with Gasteiger partial charge in [-0.3, -0.25) is 19.3 Å². The molecular weight excluding hydrogens is 360 g/mol. The minimum Gasteiger partial charge on any atom is -0.341 e. The Morgan fingerprint density at radius 1 is 1.08 bits per heavy atom. The molecule has 1 saturated carbocycles. The monoisotopic (exact) mass is 384 g/mol. The lowest BCUT2D eigenvalue weighted by atomic mass is 10.0. The molecule has 0 atom stereocenters. The van der Waals surface area contributed by atoms with Crippen molar-refractivity contribution in [3.63, 3.8) is 0 Å². The van der Waals surface area contributed by atoms with Crippen LogP contribution in [0.15, 0.2) is 12.7 Å². The van der Waals surface area contributed by atoms with Crippen LogP contribution >= 0.6 is 12.4 Å². The molecule has 3 rings (SSSR count). The van der Waals surface area contributed by atoms with Crippen LogP contribution in [0.25, 0.3) is 0 Å². The number of amides is 5. The normalized spacial score (nSPS) is 21.2. The predicted molar refractivity (Wildman–Crippen MR) is 96.6 cm³/mol. The van der Waals surface area contributed by atoms with E-state index >= 15 is 0 Å². The first-order valence-corrected chi connectivity index (χ1v) is 8.80. The van der Waals surface area contributed by atoms with E-state index in [9.17, 15) is 19.2 Å². The van der Waals surface area contributed by atoms with E-state index in [0.29, 0.717) is 19.1 Å². The summed E-state index contributed by atoms with van der Waals surface area (Å²) in [7, 11) is 0. The molecule has 1 N–H and O–H groups in total. The third-order valence-electron chi connectivity index (χ3n) is 4.98. The van der Waals surface area contributed by atoms with Gasteiger partial charge in [0.1, 0.15) is 6.54 Å². The summed E-state index contributed by atoms with van der Waals surface area (Å²) in [5, 5.41) is 3.54. The van der Waals surface area contributed by atoms with Crippen LogP contribution in [0.4, 0.5) is 4.79 Å². The molecule has 2 heterocycles. The highest BCUT2D eigenvalue weighted by molar-refractivity contribution is 6.45. The van der Waals surface area contributed by atoms with Crippen molar-refractivity contribution in [2.24, 2.45) is 5.92 Å². The molecule has 3 aliphatic rings. The fraction of sp³-hybridized carbons (Fsp3) is 0.647. The van der Waals surface area contributed by atoms with Gasteiger partial charge < -0.3 is 10.2 Å². The van der Waals surface area contributed by atoms with Crippen molar-refractivity contribution in [3.05, 3.63) is 12.7 Å². The fourth-order valence-corrected chi connectivity index (χ4v) is 3.20. The minimum atomic E-state index is -0.943. The van der Waals surface area contributed by atoms with Gasteiger partial charge in [0.25, 0.3) is 0 Å². The summed E-state index contributed by atoms with van der Waals surface area (Å²) in [6, 6.07) is -0.325. The van der Waals surface area contributed by atoms with Crippen LogP contribution in [-0.4, -0.2) is 77.2 Å². The number of urea groups is 1. The molecule has 2 saturated heterocycles. The number of hydrogen-bond acceptors (Lipinski definition) is 5. The summed E-state index contributed by atoms with van der Waals surface area (Å²) in [5.74, 6) is -1.32. The zero-order chi connectivity index (χ0) is 18.0. The highest BCUT2D eigenvalue weighted by Crippen LogP contribution is 2.28. The van der Waals surface area contributed by atoms with Gasteiger partial charge in [-0.05, 0) is 38.1 Å². The standard InChI is InChI=1S/C17H24N4O4.ClH/c1-2-7-20-15(23)16(24)21(17(20)25)11-14(22)19-8-5-13(6-9-19)18-10-12-3-4-12;/h2,12-13,18H,1,3-11H2;1H. The molecule has 0 radical (unpaired) electrons. The van der Waals surface area contributed by atoms with E-state index in [1.807, 2.05) is 0 Å². The Balaban J connectivity index is 0.00000243. The molecule has 3 fully saturated rings. The van der Waals surface area contributed by atoms with E-state index in [2.05, 4.69) is 11.9 Å². The lowest BCUT2D eigenvalue weighted by molar-refractivity contribution is -0.145. The van der Waals surface area contributed by atoms with Gasteiger partial charge >= 0.3 is 17.8 Å². The molecule has 0 bridgehead atoms. The highest BCUT2D eigenvalue weighted by Gasteiger charge is 2.45. The second-order valence-corrected chi connectivity index (χ2v) is 6.88. The van der Waals surface area contributed by atoms with Crippen LogP contribution in [0.2, 0.25) is 0 Å². The van der Waals surface area contributed by atoms with E-state index in [-0.39, 0.29) is 31.4 Å². The molecule has 0 aromatic rings. The summed E-state index contributed by atoms with van der Waals surface area (Å²) >= 11 is 0.